The van der Waals surface area contributed by atoms with Crippen LogP contribution < -0.4 is 0 Å². The summed E-state index contributed by atoms with van der Waals surface area (Å²) in [5, 5.41) is 18.6. The van der Waals surface area contributed by atoms with Gasteiger partial charge >= 0.3 is 5.97 Å². The van der Waals surface area contributed by atoms with E-state index in [0.29, 0.717) is 25.7 Å². The first-order valence-electron chi connectivity index (χ1n) is 6.30. The van der Waals surface area contributed by atoms with Crippen molar-refractivity contribution in [3.63, 3.8) is 0 Å². The van der Waals surface area contributed by atoms with Crippen LogP contribution in [0.25, 0.3) is 0 Å². The number of aliphatic hydroxyl groups excluding tert-OH is 1. The summed E-state index contributed by atoms with van der Waals surface area (Å²) in [6.45, 7) is 2.22. The minimum absolute atomic E-state index is 0.0222. The van der Waals surface area contributed by atoms with Crippen LogP contribution in [0.4, 0.5) is 0 Å². The van der Waals surface area contributed by atoms with E-state index in [1.807, 2.05) is 0 Å². The van der Waals surface area contributed by atoms with Crippen LogP contribution in [0.5, 0.6) is 0 Å². The first-order valence-corrected chi connectivity index (χ1v) is 6.30. The number of hydrogen-bond acceptors (Lipinski definition) is 5. The third-order valence-electron chi connectivity index (χ3n) is 2.78. The molecule has 0 spiro atoms. The van der Waals surface area contributed by atoms with Crippen molar-refractivity contribution in [2.45, 2.75) is 18.9 Å². The Balaban J connectivity index is 2.18. The average Bonchev–Trinajstić information content (AvgIpc) is 3.07. The average molecular weight is 261 g/mol. The molecule has 1 aliphatic rings. The molecule has 0 saturated heterocycles. The molecule has 0 aromatic rings. The van der Waals surface area contributed by atoms with Crippen LogP contribution in [0.1, 0.15) is 12.8 Å². The summed E-state index contributed by atoms with van der Waals surface area (Å²) in [6, 6.07) is 0. The molecule has 0 aliphatic heterocycles. The minimum Gasteiger partial charge on any atom is -0.480 e. The van der Waals surface area contributed by atoms with Gasteiger partial charge in [0.25, 0.3) is 0 Å². The number of aliphatic carboxylic acids is 1. The first kappa shape index (κ1) is 15.4. The van der Waals surface area contributed by atoms with Crippen LogP contribution in [0.3, 0.4) is 0 Å². The molecular weight excluding hydrogens is 238 g/mol. The number of nitrogens with zero attached hydrogens (tertiary/aromatic N) is 1. The molecule has 106 valence electrons. The van der Waals surface area contributed by atoms with Gasteiger partial charge in [-0.25, -0.2) is 0 Å². The maximum absolute atomic E-state index is 10.7. The molecule has 6 heteroatoms. The fraction of sp³-hybridized carbons (Fsp3) is 0.917. The van der Waals surface area contributed by atoms with Crippen molar-refractivity contribution < 1.29 is 24.5 Å². The Morgan fingerprint density at radius 3 is 2.72 bits per heavy atom. The molecule has 0 bridgehead atoms. The van der Waals surface area contributed by atoms with E-state index < -0.39 is 12.1 Å². The summed E-state index contributed by atoms with van der Waals surface area (Å²) >= 11 is 0. The van der Waals surface area contributed by atoms with Crippen molar-refractivity contribution in [1.82, 2.24) is 4.90 Å². The summed E-state index contributed by atoms with van der Waals surface area (Å²) in [5.74, 6) is -0.255. The van der Waals surface area contributed by atoms with Crippen molar-refractivity contribution in [1.29, 1.82) is 0 Å². The topological polar surface area (TPSA) is 79.2 Å². The molecule has 1 rings (SSSR count). The Bertz CT molecular complexity index is 245. The zero-order chi connectivity index (χ0) is 13.4. The van der Waals surface area contributed by atoms with E-state index in [1.165, 1.54) is 0 Å². The summed E-state index contributed by atoms with van der Waals surface area (Å²) < 4.78 is 10.0. The first-order chi connectivity index (χ1) is 8.61. The second-order valence-corrected chi connectivity index (χ2v) is 4.75. The lowest BCUT2D eigenvalue weighted by Crippen LogP contribution is -2.39. The van der Waals surface area contributed by atoms with Crippen molar-refractivity contribution in [3.8, 4) is 0 Å². The second kappa shape index (κ2) is 8.42. The molecule has 0 radical (unpaired) electrons. The Labute approximate surface area is 107 Å². The molecule has 0 aromatic heterocycles. The number of carboxylic acid groups (broad SMARTS) is 1. The zero-order valence-corrected chi connectivity index (χ0v) is 10.9. The molecular formula is C12H23NO5. The Kier molecular flexibility index (Phi) is 7.19. The normalized spacial score (nSPS) is 17.1. The van der Waals surface area contributed by atoms with E-state index in [-0.39, 0.29) is 13.2 Å². The van der Waals surface area contributed by atoms with Gasteiger partial charge in [-0.2, -0.15) is 0 Å². The lowest BCUT2D eigenvalue weighted by atomic mass is 10.3. The molecule has 1 unspecified atom stereocenters. The van der Waals surface area contributed by atoms with Crippen molar-refractivity contribution in [2.75, 3.05) is 46.6 Å². The molecule has 18 heavy (non-hydrogen) atoms. The van der Waals surface area contributed by atoms with Gasteiger partial charge < -0.3 is 19.7 Å². The van der Waals surface area contributed by atoms with Crippen LogP contribution in [0, 0.1) is 5.92 Å². The highest BCUT2D eigenvalue weighted by molar-refractivity contribution is 5.69. The van der Waals surface area contributed by atoms with Crippen molar-refractivity contribution >= 4 is 5.97 Å². The molecule has 0 aromatic carbocycles. The van der Waals surface area contributed by atoms with Crippen LogP contribution in [0.2, 0.25) is 0 Å². The standard InChI is InChI=1S/C12H23NO5/c1-17-4-5-18-9-11(14)7-13(8-12(15)16)6-10-2-3-10/h10-11,14H,2-9H2,1H3,(H,15,16). The fourth-order valence-electron chi connectivity index (χ4n) is 1.77. The maximum atomic E-state index is 10.7. The lowest BCUT2D eigenvalue weighted by Gasteiger charge is -2.23. The predicted octanol–water partition coefficient (Wildman–Crippen LogP) is -0.193. The quantitative estimate of drug-likeness (QED) is 0.502. The molecule has 6 nitrogen and oxygen atoms in total. The van der Waals surface area contributed by atoms with Gasteiger partial charge in [-0.05, 0) is 18.8 Å². The smallest absolute Gasteiger partial charge is 0.317 e. The number of rotatable bonds is 11. The van der Waals surface area contributed by atoms with E-state index in [9.17, 15) is 9.90 Å². The molecule has 1 fully saturated rings. The zero-order valence-electron chi connectivity index (χ0n) is 10.9. The van der Waals surface area contributed by atoms with Gasteiger partial charge in [0, 0.05) is 20.2 Å². The number of hydrogen-bond donors (Lipinski definition) is 2. The summed E-state index contributed by atoms with van der Waals surface area (Å²) in [4.78, 5) is 12.5. The van der Waals surface area contributed by atoms with Gasteiger partial charge in [-0.1, -0.05) is 0 Å². The van der Waals surface area contributed by atoms with Crippen LogP contribution >= 0.6 is 0 Å². The minimum atomic E-state index is -0.858. The lowest BCUT2D eigenvalue weighted by molar-refractivity contribution is -0.138. The molecule has 0 heterocycles. The molecule has 1 saturated carbocycles. The van der Waals surface area contributed by atoms with E-state index in [4.69, 9.17) is 14.6 Å². The Morgan fingerprint density at radius 1 is 1.44 bits per heavy atom. The van der Waals surface area contributed by atoms with Crippen LogP contribution in [0.15, 0.2) is 0 Å². The van der Waals surface area contributed by atoms with Gasteiger partial charge in [0.1, 0.15) is 0 Å². The predicted molar refractivity (Wildman–Crippen MR) is 65.5 cm³/mol. The Morgan fingerprint density at radius 2 is 2.17 bits per heavy atom. The largest absolute Gasteiger partial charge is 0.480 e. The molecule has 0 amide bonds. The van der Waals surface area contributed by atoms with Gasteiger partial charge in [0.05, 0.1) is 32.5 Å². The SMILES string of the molecule is COCCOCC(O)CN(CC(=O)O)CC1CC1. The van der Waals surface area contributed by atoms with Gasteiger partial charge in [0.15, 0.2) is 0 Å². The number of carboxylic acids is 1. The highest BCUT2D eigenvalue weighted by atomic mass is 16.5. The summed E-state index contributed by atoms with van der Waals surface area (Å²) in [5.41, 5.74) is 0. The number of aliphatic hydroxyl groups is 1. The third kappa shape index (κ3) is 7.60. The molecule has 1 atom stereocenters. The molecule has 1 aliphatic carbocycles. The number of carbonyl (C=O) groups is 1. The van der Waals surface area contributed by atoms with Crippen LogP contribution in [-0.4, -0.2) is 73.8 Å². The molecule has 2 N–H and O–H groups in total. The second-order valence-electron chi connectivity index (χ2n) is 4.75. The summed E-state index contributed by atoms with van der Waals surface area (Å²) in [6.07, 6.45) is 1.67. The highest BCUT2D eigenvalue weighted by Gasteiger charge is 2.26. The monoisotopic (exact) mass is 261 g/mol. The van der Waals surface area contributed by atoms with E-state index >= 15 is 0 Å². The van der Waals surface area contributed by atoms with Gasteiger partial charge in [0.2, 0.25) is 0 Å². The van der Waals surface area contributed by atoms with Crippen molar-refractivity contribution in [2.24, 2.45) is 5.92 Å². The summed E-state index contributed by atoms with van der Waals surface area (Å²) in [7, 11) is 1.59. The van der Waals surface area contributed by atoms with Gasteiger partial charge in [-0.15, -0.1) is 0 Å². The third-order valence-corrected chi connectivity index (χ3v) is 2.78. The fourth-order valence-corrected chi connectivity index (χ4v) is 1.77. The van der Waals surface area contributed by atoms with E-state index in [0.717, 1.165) is 19.4 Å². The highest BCUT2D eigenvalue weighted by Crippen LogP contribution is 2.29. The van der Waals surface area contributed by atoms with Crippen molar-refractivity contribution in [3.05, 3.63) is 0 Å². The Hall–Kier alpha value is -0.690. The number of ether oxygens (including phenoxy) is 2. The van der Waals surface area contributed by atoms with Crippen LogP contribution in [-0.2, 0) is 14.3 Å². The van der Waals surface area contributed by atoms with Gasteiger partial charge in [-0.3, -0.25) is 9.69 Å². The van der Waals surface area contributed by atoms with E-state index in [1.54, 1.807) is 12.0 Å². The maximum Gasteiger partial charge on any atom is 0.317 e. The van der Waals surface area contributed by atoms with E-state index in [2.05, 4.69) is 0 Å². The number of methoxy groups -OCH3 is 1.